The number of hydrogen-bond donors (Lipinski definition) is 1. The SMILES string of the molecule is OC(F)(F)C(F)(F)C(F)(F)OC(F)(F)C(F)(F)C(F)(F)F. The van der Waals surface area contributed by atoms with Crippen LogP contribution in [0.4, 0.5) is 57.1 Å². The van der Waals surface area contributed by atoms with Crippen molar-refractivity contribution in [3.8, 4) is 0 Å². The van der Waals surface area contributed by atoms with E-state index < -0.39 is 36.3 Å². The summed E-state index contributed by atoms with van der Waals surface area (Å²) in [7, 11) is 0. The minimum absolute atomic E-state index is 1.28. The Kier molecular flexibility index (Phi) is 4.53. The second kappa shape index (κ2) is 4.76. The minimum atomic E-state index is -7.41. The van der Waals surface area contributed by atoms with E-state index in [-0.39, 0.29) is 0 Å². The number of hydrogen-bond acceptors (Lipinski definition) is 2. The Labute approximate surface area is 105 Å². The van der Waals surface area contributed by atoms with Crippen molar-refractivity contribution in [3.05, 3.63) is 0 Å². The van der Waals surface area contributed by atoms with Gasteiger partial charge >= 0.3 is 36.3 Å². The normalized spacial score (nSPS) is 16.3. The average Bonchev–Trinajstić information content (AvgIpc) is 2.11. The van der Waals surface area contributed by atoms with Gasteiger partial charge < -0.3 is 5.11 Å². The molecule has 1 N–H and O–H groups in total. The summed E-state index contributed by atoms with van der Waals surface area (Å²) in [4.78, 5) is 0. The molecule has 0 aromatic heterocycles. The van der Waals surface area contributed by atoms with Crippen molar-refractivity contribution in [1.82, 2.24) is 0 Å². The third kappa shape index (κ3) is 3.27. The lowest BCUT2D eigenvalue weighted by Gasteiger charge is -2.34. The maximum absolute atomic E-state index is 12.3. The predicted molar refractivity (Wildman–Crippen MR) is 34.1 cm³/mol. The van der Waals surface area contributed by atoms with Crippen LogP contribution < -0.4 is 0 Å². The molecule has 0 aromatic carbocycles. The van der Waals surface area contributed by atoms with Crippen LogP contribution in [0.25, 0.3) is 0 Å². The summed E-state index contributed by atoms with van der Waals surface area (Å²) in [6.07, 6.45) is -28.6. The second-order valence-corrected chi connectivity index (χ2v) is 3.32. The molecule has 0 spiro atoms. The van der Waals surface area contributed by atoms with Gasteiger partial charge in [-0.05, 0) is 0 Å². The molecule has 0 saturated heterocycles. The van der Waals surface area contributed by atoms with E-state index in [9.17, 15) is 57.1 Å². The second-order valence-electron chi connectivity index (χ2n) is 3.32. The van der Waals surface area contributed by atoms with Gasteiger partial charge in [0.15, 0.2) is 0 Å². The van der Waals surface area contributed by atoms with Gasteiger partial charge in [0.1, 0.15) is 0 Å². The average molecular weight is 352 g/mol. The topological polar surface area (TPSA) is 29.5 Å². The van der Waals surface area contributed by atoms with Gasteiger partial charge in [-0.25, -0.2) is 4.74 Å². The highest BCUT2D eigenvalue weighted by molar-refractivity contribution is 4.90. The van der Waals surface area contributed by atoms with E-state index in [0.29, 0.717) is 0 Å². The fourth-order valence-electron chi connectivity index (χ4n) is 0.629. The highest BCUT2D eigenvalue weighted by Crippen LogP contribution is 2.53. The quantitative estimate of drug-likeness (QED) is 0.767. The molecule has 0 aromatic rings. The van der Waals surface area contributed by atoms with Crippen molar-refractivity contribution in [2.45, 2.75) is 36.3 Å². The number of aliphatic hydroxyl groups is 1. The molecule has 0 aliphatic carbocycles. The summed E-state index contributed by atoms with van der Waals surface area (Å²) < 4.78 is 157. The Morgan fingerprint density at radius 2 is 0.810 bits per heavy atom. The number of alkyl halides is 13. The van der Waals surface area contributed by atoms with E-state index in [2.05, 4.69) is 0 Å². The fourth-order valence-corrected chi connectivity index (χ4v) is 0.629. The molecule has 0 unspecified atom stereocenters. The molecule has 2 nitrogen and oxygen atoms in total. The first-order valence-corrected chi connectivity index (χ1v) is 4.09. The first-order valence-electron chi connectivity index (χ1n) is 4.09. The standard InChI is InChI=1S/C6HF13O2/c7-1(8,3(11,12)13)5(16,17)21-6(18,19)2(9,10)4(14,15)20/h20H. The molecule has 0 fully saturated rings. The molecular formula is C6HF13O2. The van der Waals surface area contributed by atoms with Gasteiger partial charge in [-0.2, -0.15) is 57.1 Å². The predicted octanol–water partition coefficient (Wildman–Crippen LogP) is 3.61. The molecule has 0 bridgehead atoms. The van der Waals surface area contributed by atoms with Crippen molar-refractivity contribution in [3.63, 3.8) is 0 Å². The van der Waals surface area contributed by atoms with Gasteiger partial charge in [0.2, 0.25) is 0 Å². The molecule has 15 heteroatoms. The molecule has 0 aliphatic rings. The zero-order chi connectivity index (χ0) is 17.7. The van der Waals surface area contributed by atoms with E-state index in [1.165, 1.54) is 4.74 Å². The third-order valence-corrected chi connectivity index (χ3v) is 1.72. The lowest BCUT2D eigenvalue weighted by molar-refractivity contribution is -0.520. The van der Waals surface area contributed by atoms with Crippen molar-refractivity contribution in [1.29, 1.82) is 0 Å². The molecule has 0 atom stereocenters. The molecular weight excluding hydrogens is 351 g/mol. The lowest BCUT2D eigenvalue weighted by Crippen LogP contribution is -2.62. The molecule has 0 aliphatic heterocycles. The molecule has 0 saturated carbocycles. The van der Waals surface area contributed by atoms with Gasteiger partial charge in [0.25, 0.3) is 0 Å². The Bertz CT molecular complexity index is 341. The van der Waals surface area contributed by atoms with E-state index in [1.54, 1.807) is 0 Å². The van der Waals surface area contributed by atoms with Crippen LogP contribution >= 0.6 is 0 Å². The zero-order valence-corrected chi connectivity index (χ0v) is 8.77. The molecule has 0 heterocycles. The van der Waals surface area contributed by atoms with E-state index in [4.69, 9.17) is 5.11 Å². The van der Waals surface area contributed by atoms with Gasteiger partial charge in [0, 0.05) is 0 Å². The van der Waals surface area contributed by atoms with Crippen molar-refractivity contribution in [2.75, 3.05) is 0 Å². The lowest BCUT2D eigenvalue weighted by atomic mass is 10.2. The number of halogens is 13. The summed E-state index contributed by atoms with van der Waals surface area (Å²) in [5.74, 6) is -14.6. The summed E-state index contributed by atoms with van der Waals surface area (Å²) in [6, 6.07) is 0. The van der Waals surface area contributed by atoms with Crippen molar-refractivity contribution >= 4 is 0 Å². The molecule has 21 heavy (non-hydrogen) atoms. The monoisotopic (exact) mass is 352 g/mol. The largest absolute Gasteiger partial charge is 0.462 e. The Balaban J connectivity index is 5.65. The Hall–Kier alpha value is -0.990. The Morgan fingerprint density at radius 3 is 1.05 bits per heavy atom. The molecule has 0 rings (SSSR count). The van der Waals surface area contributed by atoms with Gasteiger partial charge in [-0.1, -0.05) is 0 Å². The van der Waals surface area contributed by atoms with Crippen molar-refractivity contribution in [2.24, 2.45) is 0 Å². The van der Waals surface area contributed by atoms with Crippen LogP contribution in [-0.4, -0.2) is 41.5 Å². The summed E-state index contributed by atoms with van der Waals surface area (Å²) in [5.41, 5.74) is 0. The summed E-state index contributed by atoms with van der Waals surface area (Å²) in [6.45, 7) is 0. The van der Waals surface area contributed by atoms with E-state index in [0.717, 1.165) is 0 Å². The first kappa shape index (κ1) is 20.0. The van der Waals surface area contributed by atoms with Crippen LogP contribution in [0.1, 0.15) is 0 Å². The first-order chi connectivity index (χ1) is 8.71. The van der Waals surface area contributed by atoms with Gasteiger partial charge in [0.05, 0.1) is 0 Å². The maximum atomic E-state index is 12.3. The summed E-state index contributed by atoms with van der Waals surface area (Å²) in [5, 5.41) is 7.34. The minimum Gasteiger partial charge on any atom is -0.331 e. The van der Waals surface area contributed by atoms with Crippen LogP contribution in [0.15, 0.2) is 0 Å². The van der Waals surface area contributed by atoms with Crippen LogP contribution in [-0.2, 0) is 4.74 Å². The Morgan fingerprint density at radius 1 is 0.524 bits per heavy atom. The van der Waals surface area contributed by atoms with Gasteiger partial charge in [-0.3, -0.25) is 0 Å². The van der Waals surface area contributed by atoms with Crippen LogP contribution in [0.3, 0.4) is 0 Å². The number of rotatable bonds is 5. The van der Waals surface area contributed by atoms with E-state index in [1.807, 2.05) is 0 Å². The third-order valence-electron chi connectivity index (χ3n) is 1.72. The number of ether oxygens (including phenoxy) is 1. The molecule has 0 amide bonds. The van der Waals surface area contributed by atoms with Crippen LogP contribution in [0.2, 0.25) is 0 Å². The zero-order valence-electron chi connectivity index (χ0n) is 8.77. The van der Waals surface area contributed by atoms with Gasteiger partial charge in [-0.15, -0.1) is 0 Å². The smallest absolute Gasteiger partial charge is 0.331 e. The molecule has 128 valence electrons. The fraction of sp³-hybridized carbons (Fsp3) is 1.00. The van der Waals surface area contributed by atoms with Crippen LogP contribution in [0, 0.1) is 0 Å². The highest BCUT2D eigenvalue weighted by atomic mass is 19.4. The summed E-state index contributed by atoms with van der Waals surface area (Å²) >= 11 is 0. The van der Waals surface area contributed by atoms with Crippen molar-refractivity contribution < 1.29 is 66.9 Å². The molecule has 0 radical (unpaired) electrons. The van der Waals surface area contributed by atoms with E-state index >= 15 is 0 Å². The van der Waals surface area contributed by atoms with Crippen LogP contribution in [0.5, 0.6) is 0 Å². The maximum Gasteiger partial charge on any atom is 0.462 e. The highest BCUT2D eigenvalue weighted by Gasteiger charge is 2.81.